The zero-order chi connectivity index (χ0) is 14.8. The van der Waals surface area contributed by atoms with Crippen molar-refractivity contribution >= 4 is 21.7 Å². The molecule has 0 radical (unpaired) electrons. The lowest BCUT2D eigenvalue weighted by atomic mass is 10.2. The normalized spacial score (nSPS) is 11.7. The zero-order valence-corrected chi connectivity index (χ0v) is 12.2. The Bertz CT molecular complexity index is 595. The fraction of sp³-hybridized carbons (Fsp3) is 0.333. The first-order valence-corrected chi connectivity index (χ1v) is 6.60. The van der Waals surface area contributed by atoms with E-state index in [1.807, 2.05) is 6.07 Å². The van der Waals surface area contributed by atoms with Crippen LogP contribution in [0.2, 0.25) is 0 Å². The first-order valence-electron chi connectivity index (χ1n) is 5.81. The number of halogens is 4. The summed E-state index contributed by atoms with van der Waals surface area (Å²) in [5, 5.41) is 6.72. The summed E-state index contributed by atoms with van der Waals surface area (Å²) in [7, 11) is 1.79. The Morgan fingerprint density at radius 3 is 2.75 bits per heavy atom. The lowest BCUT2D eigenvalue weighted by Crippen LogP contribution is -2.15. The van der Waals surface area contributed by atoms with E-state index >= 15 is 0 Å². The molecule has 2 rings (SSSR count). The van der Waals surface area contributed by atoms with Gasteiger partial charge in [-0.3, -0.25) is 4.68 Å². The largest absolute Gasteiger partial charge is 0.419 e. The van der Waals surface area contributed by atoms with Crippen molar-refractivity contribution in [2.75, 3.05) is 11.9 Å². The van der Waals surface area contributed by atoms with Crippen LogP contribution in [-0.2, 0) is 19.6 Å². The van der Waals surface area contributed by atoms with Crippen LogP contribution in [0, 0.1) is 0 Å². The molecule has 4 nitrogen and oxygen atoms in total. The van der Waals surface area contributed by atoms with Crippen LogP contribution in [0.25, 0.3) is 0 Å². The molecule has 0 spiro atoms. The molecule has 20 heavy (non-hydrogen) atoms. The zero-order valence-electron chi connectivity index (χ0n) is 10.6. The van der Waals surface area contributed by atoms with Gasteiger partial charge in [0, 0.05) is 42.6 Å². The molecule has 0 atom stereocenters. The summed E-state index contributed by atoms with van der Waals surface area (Å²) in [4.78, 5) is 3.79. The summed E-state index contributed by atoms with van der Waals surface area (Å²) in [6.45, 7) is 0.344. The molecule has 8 heteroatoms. The van der Waals surface area contributed by atoms with Gasteiger partial charge in [0.15, 0.2) is 0 Å². The Morgan fingerprint density at radius 2 is 2.15 bits per heavy atom. The van der Waals surface area contributed by atoms with Gasteiger partial charge in [0.2, 0.25) is 0 Å². The summed E-state index contributed by atoms with van der Waals surface area (Å²) < 4.78 is 40.6. The highest BCUT2D eigenvalue weighted by Gasteiger charge is 2.34. The van der Waals surface area contributed by atoms with E-state index in [4.69, 9.17) is 0 Å². The smallest absolute Gasteiger partial charge is 0.369 e. The summed E-state index contributed by atoms with van der Waals surface area (Å²) in [6.07, 6.45) is -0.896. The topological polar surface area (TPSA) is 42.7 Å². The Labute approximate surface area is 122 Å². The van der Waals surface area contributed by atoms with Crippen molar-refractivity contribution in [3.63, 3.8) is 0 Å². The highest BCUT2D eigenvalue weighted by Crippen LogP contribution is 2.35. The van der Waals surface area contributed by atoms with Crippen LogP contribution in [0.1, 0.15) is 11.3 Å². The van der Waals surface area contributed by atoms with Crippen LogP contribution >= 0.6 is 15.9 Å². The third kappa shape index (κ3) is 3.50. The molecular weight excluding hydrogens is 337 g/mol. The second-order valence-electron chi connectivity index (χ2n) is 4.17. The third-order valence-corrected chi connectivity index (χ3v) is 3.19. The second kappa shape index (κ2) is 5.82. The van der Waals surface area contributed by atoms with E-state index in [9.17, 15) is 13.2 Å². The molecule has 0 saturated heterocycles. The van der Waals surface area contributed by atoms with Crippen molar-refractivity contribution < 1.29 is 13.2 Å². The molecule has 0 aliphatic rings. The first kappa shape index (κ1) is 14.8. The molecule has 0 amide bonds. The minimum atomic E-state index is -4.44. The Kier molecular flexibility index (Phi) is 4.32. The molecule has 108 valence electrons. The molecule has 0 aromatic carbocycles. The van der Waals surface area contributed by atoms with Crippen LogP contribution in [0.4, 0.5) is 19.0 Å². The van der Waals surface area contributed by atoms with E-state index in [2.05, 4.69) is 31.3 Å². The van der Waals surface area contributed by atoms with Crippen molar-refractivity contribution in [1.29, 1.82) is 0 Å². The van der Waals surface area contributed by atoms with Crippen LogP contribution in [0.5, 0.6) is 0 Å². The fourth-order valence-corrected chi connectivity index (χ4v) is 2.08. The maximum Gasteiger partial charge on any atom is 0.419 e. The predicted octanol–water partition coefficient (Wildman–Crippen LogP) is 3.25. The van der Waals surface area contributed by atoms with Crippen molar-refractivity contribution in [1.82, 2.24) is 14.8 Å². The maximum absolute atomic E-state index is 12.9. The Hall–Kier alpha value is -1.57. The molecule has 0 fully saturated rings. The SMILES string of the molecule is Cn1nccc1CCNc1ncc(Br)cc1C(F)(F)F. The summed E-state index contributed by atoms with van der Waals surface area (Å²) >= 11 is 3.00. The number of nitrogens with zero attached hydrogens (tertiary/aromatic N) is 3. The van der Waals surface area contributed by atoms with Gasteiger partial charge in [0.1, 0.15) is 5.82 Å². The van der Waals surface area contributed by atoms with Gasteiger partial charge in [-0.05, 0) is 28.1 Å². The first-order chi connectivity index (χ1) is 9.38. The highest BCUT2D eigenvalue weighted by molar-refractivity contribution is 9.10. The van der Waals surface area contributed by atoms with Crippen molar-refractivity contribution in [2.45, 2.75) is 12.6 Å². The molecule has 0 unspecified atom stereocenters. The van der Waals surface area contributed by atoms with E-state index < -0.39 is 11.7 Å². The van der Waals surface area contributed by atoms with Crippen LogP contribution in [-0.4, -0.2) is 21.3 Å². The van der Waals surface area contributed by atoms with Gasteiger partial charge >= 0.3 is 6.18 Å². The molecule has 0 aliphatic heterocycles. The van der Waals surface area contributed by atoms with Gasteiger partial charge in [-0.2, -0.15) is 18.3 Å². The van der Waals surface area contributed by atoms with Crippen LogP contribution < -0.4 is 5.32 Å². The number of anilines is 1. The Morgan fingerprint density at radius 1 is 1.40 bits per heavy atom. The molecule has 0 saturated carbocycles. The summed E-state index contributed by atoms with van der Waals surface area (Å²) in [5.41, 5.74) is 0.153. The van der Waals surface area contributed by atoms with Gasteiger partial charge in [0.25, 0.3) is 0 Å². The number of hydrogen-bond donors (Lipinski definition) is 1. The van der Waals surface area contributed by atoms with Gasteiger partial charge in [-0.15, -0.1) is 0 Å². The van der Waals surface area contributed by atoms with Crippen LogP contribution in [0.15, 0.2) is 29.0 Å². The fourth-order valence-electron chi connectivity index (χ4n) is 1.75. The quantitative estimate of drug-likeness (QED) is 0.922. The second-order valence-corrected chi connectivity index (χ2v) is 5.09. The van der Waals surface area contributed by atoms with E-state index in [0.717, 1.165) is 11.8 Å². The number of hydrogen-bond acceptors (Lipinski definition) is 3. The van der Waals surface area contributed by atoms with Gasteiger partial charge in [-0.1, -0.05) is 0 Å². The van der Waals surface area contributed by atoms with Crippen molar-refractivity contribution in [3.8, 4) is 0 Å². The number of aromatic nitrogens is 3. The average Bonchev–Trinajstić information content (AvgIpc) is 2.76. The standard InChI is InChI=1S/C12H12BrF3N4/c1-20-9(3-5-19-20)2-4-17-11-10(12(14,15)16)6-8(13)7-18-11/h3,5-7H,2,4H2,1H3,(H,17,18). The molecule has 2 aromatic rings. The Balaban J connectivity index is 2.08. The highest BCUT2D eigenvalue weighted by atomic mass is 79.9. The lowest BCUT2D eigenvalue weighted by Gasteiger charge is -2.13. The molecular formula is C12H12BrF3N4. The van der Waals surface area contributed by atoms with E-state index in [0.29, 0.717) is 17.4 Å². The monoisotopic (exact) mass is 348 g/mol. The molecule has 1 N–H and O–H groups in total. The van der Waals surface area contributed by atoms with Crippen molar-refractivity contribution in [2.24, 2.45) is 7.05 Å². The molecule has 0 bridgehead atoms. The average molecular weight is 349 g/mol. The van der Waals surface area contributed by atoms with E-state index in [1.165, 1.54) is 6.20 Å². The van der Waals surface area contributed by atoms with E-state index in [1.54, 1.807) is 17.9 Å². The summed E-state index contributed by atoms with van der Waals surface area (Å²) in [5.74, 6) is -0.164. The number of alkyl halides is 3. The number of aryl methyl sites for hydroxylation is 1. The number of rotatable bonds is 4. The molecule has 2 aromatic heterocycles. The molecule has 0 aliphatic carbocycles. The van der Waals surface area contributed by atoms with E-state index in [-0.39, 0.29) is 5.82 Å². The minimum Gasteiger partial charge on any atom is -0.369 e. The van der Waals surface area contributed by atoms with Crippen molar-refractivity contribution in [3.05, 3.63) is 40.3 Å². The number of pyridine rings is 1. The number of nitrogens with one attached hydrogen (secondary N) is 1. The van der Waals surface area contributed by atoms with Crippen LogP contribution in [0.3, 0.4) is 0 Å². The maximum atomic E-state index is 12.9. The van der Waals surface area contributed by atoms with Gasteiger partial charge in [0.05, 0.1) is 5.56 Å². The third-order valence-electron chi connectivity index (χ3n) is 2.76. The summed E-state index contributed by atoms with van der Waals surface area (Å²) in [6, 6.07) is 2.83. The predicted molar refractivity (Wildman–Crippen MR) is 72.3 cm³/mol. The minimum absolute atomic E-state index is 0.164. The van der Waals surface area contributed by atoms with Gasteiger partial charge in [-0.25, -0.2) is 4.98 Å². The molecule has 2 heterocycles. The lowest BCUT2D eigenvalue weighted by molar-refractivity contribution is -0.137. The van der Waals surface area contributed by atoms with Gasteiger partial charge < -0.3 is 5.32 Å².